The van der Waals surface area contributed by atoms with E-state index in [-0.39, 0.29) is 11.7 Å². The monoisotopic (exact) mass is 178 g/mol. The van der Waals surface area contributed by atoms with Gasteiger partial charge in [-0.15, -0.1) is 0 Å². The molecule has 0 aromatic carbocycles. The Labute approximate surface area is 78.2 Å². The van der Waals surface area contributed by atoms with Crippen molar-refractivity contribution in [2.75, 3.05) is 0 Å². The van der Waals surface area contributed by atoms with E-state index in [4.69, 9.17) is 0 Å². The van der Waals surface area contributed by atoms with E-state index in [2.05, 4.69) is 10.2 Å². The number of carbonyl (C=O) groups is 1. The van der Waals surface area contributed by atoms with Crippen molar-refractivity contribution in [3.05, 3.63) is 24.0 Å². The van der Waals surface area contributed by atoms with Crippen molar-refractivity contribution in [1.29, 1.82) is 0 Å². The van der Waals surface area contributed by atoms with Gasteiger partial charge >= 0.3 is 0 Å². The summed E-state index contributed by atoms with van der Waals surface area (Å²) >= 11 is 0. The molecule has 3 heteroatoms. The van der Waals surface area contributed by atoms with Gasteiger partial charge in [-0.05, 0) is 18.9 Å². The third-order valence-corrected chi connectivity index (χ3v) is 2.23. The average molecular weight is 178 g/mol. The van der Waals surface area contributed by atoms with Gasteiger partial charge in [0.1, 0.15) is 0 Å². The summed E-state index contributed by atoms with van der Waals surface area (Å²) in [6, 6.07) is 1.72. The summed E-state index contributed by atoms with van der Waals surface area (Å²) in [6.07, 6.45) is 4.85. The minimum absolute atomic E-state index is 0.129. The number of aromatic nitrogens is 2. The van der Waals surface area contributed by atoms with Crippen molar-refractivity contribution in [2.24, 2.45) is 5.92 Å². The molecule has 0 saturated carbocycles. The second kappa shape index (κ2) is 4.70. The van der Waals surface area contributed by atoms with Gasteiger partial charge < -0.3 is 0 Å². The summed E-state index contributed by atoms with van der Waals surface area (Å²) in [5.41, 5.74) is 0.670. The molecule has 0 bridgehead atoms. The van der Waals surface area contributed by atoms with Gasteiger partial charge in [0.2, 0.25) is 0 Å². The lowest BCUT2D eigenvalue weighted by Crippen LogP contribution is -2.13. The Bertz CT molecular complexity index is 268. The van der Waals surface area contributed by atoms with E-state index in [1.54, 1.807) is 12.3 Å². The summed E-state index contributed by atoms with van der Waals surface area (Å²) < 4.78 is 0. The zero-order chi connectivity index (χ0) is 9.68. The van der Waals surface area contributed by atoms with Crippen LogP contribution in [0.3, 0.4) is 0 Å². The lowest BCUT2D eigenvalue weighted by molar-refractivity contribution is 0.0913. The van der Waals surface area contributed by atoms with Crippen LogP contribution in [0.4, 0.5) is 0 Å². The second-order valence-electron chi connectivity index (χ2n) is 3.01. The van der Waals surface area contributed by atoms with E-state index in [1.807, 2.05) is 13.8 Å². The van der Waals surface area contributed by atoms with Crippen LogP contribution in [-0.2, 0) is 0 Å². The molecular formula is C10H14N2O. The highest BCUT2D eigenvalue weighted by Crippen LogP contribution is 2.14. The fourth-order valence-electron chi connectivity index (χ4n) is 1.33. The van der Waals surface area contributed by atoms with Crippen molar-refractivity contribution in [2.45, 2.75) is 26.7 Å². The summed E-state index contributed by atoms with van der Waals surface area (Å²) in [5, 5.41) is 7.32. The van der Waals surface area contributed by atoms with Crippen LogP contribution < -0.4 is 0 Å². The molecule has 1 heterocycles. The lowest BCUT2D eigenvalue weighted by atomic mass is 9.94. The van der Waals surface area contributed by atoms with E-state index in [1.165, 1.54) is 6.20 Å². The molecule has 0 atom stereocenters. The predicted octanol–water partition coefficient (Wildman–Crippen LogP) is 2.10. The molecule has 3 nitrogen and oxygen atoms in total. The van der Waals surface area contributed by atoms with Crippen LogP contribution in [0.1, 0.15) is 37.0 Å². The average Bonchev–Trinajstić information content (AvgIpc) is 2.21. The van der Waals surface area contributed by atoms with Gasteiger partial charge in [-0.1, -0.05) is 13.8 Å². The Morgan fingerprint density at radius 2 is 2.08 bits per heavy atom. The smallest absolute Gasteiger partial charge is 0.167 e. The zero-order valence-electron chi connectivity index (χ0n) is 8.03. The maximum atomic E-state index is 11.7. The molecule has 0 saturated heterocycles. The highest BCUT2D eigenvalue weighted by Gasteiger charge is 2.15. The molecule has 0 amide bonds. The van der Waals surface area contributed by atoms with Gasteiger partial charge in [0.25, 0.3) is 0 Å². The molecule has 0 fully saturated rings. The SMILES string of the molecule is CCC(CC)C(=O)c1ccnnc1. The maximum absolute atomic E-state index is 11.7. The number of nitrogens with zero attached hydrogens (tertiary/aromatic N) is 2. The standard InChI is InChI=1S/C10H14N2O/c1-3-8(4-2)10(13)9-5-6-11-12-7-9/h5-8H,3-4H2,1-2H3. The first-order valence-corrected chi connectivity index (χ1v) is 4.60. The van der Waals surface area contributed by atoms with Crippen LogP contribution in [0.25, 0.3) is 0 Å². The Balaban J connectivity index is 2.78. The van der Waals surface area contributed by atoms with E-state index in [0.717, 1.165) is 12.8 Å². The van der Waals surface area contributed by atoms with Gasteiger partial charge in [-0.25, -0.2) is 0 Å². The first kappa shape index (κ1) is 9.84. The highest BCUT2D eigenvalue weighted by molar-refractivity contribution is 5.97. The maximum Gasteiger partial charge on any atom is 0.167 e. The van der Waals surface area contributed by atoms with E-state index in [0.29, 0.717) is 5.56 Å². The van der Waals surface area contributed by atoms with Gasteiger partial charge in [-0.3, -0.25) is 4.79 Å². The van der Waals surface area contributed by atoms with Crippen LogP contribution in [-0.4, -0.2) is 16.0 Å². The molecular weight excluding hydrogens is 164 g/mol. The van der Waals surface area contributed by atoms with Crippen molar-refractivity contribution in [3.63, 3.8) is 0 Å². The Kier molecular flexibility index (Phi) is 3.55. The lowest BCUT2D eigenvalue weighted by Gasteiger charge is -2.09. The summed E-state index contributed by atoms with van der Waals surface area (Å²) in [5.74, 6) is 0.309. The molecule has 1 rings (SSSR count). The third-order valence-electron chi connectivity index (χ3n) is 2.23. The van der Waals surface area contributed by atoms with E-state index < -0.39 is 0 Å². The molecule has 13 heavy (non-hydrogen) atoms. The minimum Gasteiger partial charge on any atom is -0.294 e. The molecule has 70 valence electrons. The molecule has 0 aliphatic carbocycles. The predicted molar refractivity (Wildman–Crippen MR) is 50.4 cm³/mol. The Hall–Kier alpha value is -1.25. The molecule has 0 spiro atoms. The fraction of sp³-hybridized carbons (Fsp3) is 0.500. The zero-order valence-corrected chi connectivity index (χ0v) is 8.03. The van der Waals surface area contributed by atoms with Gasteiger partial charge in [0.05, 0.1) is 12.4 Å². The van der Waals surface area contributed by atoms with E-state index >= 15 is 0 Å². The van der Waals surface area contributed by atoms with Crippen LogP contribution in [0.5, 0.6) is 0 Å². The van der Waals surface area contributed by atoms with E-state index in [9.17, 15) is 4.79 Å². The summed E-state index contributed by atoms with van der Waals surface area (Å²) in [6.45, 7) is 4.06. The van der Waals surface area contributed by atoms with Gasteiger partial charge in [0.15, 0.2) is 5.78 Å². The minimum atomic E-state index is 0.129. The molecule has 0 aliphatic heterocycles. The molecule has 1 aromatic heterocycles. The third kappa shape index (κ3) is 2.34. The first-order chi connectivity index (χ1) is 6.29. The number of rotatable bonds is 4. The molecule has 0 unspecified atom stereocenters. The highest BCUT2D eigenvalue weighted by atomic mass is 16.1. The number of ketones is 1. The van der Waals surface area contributed by atoms with Crippen molar-refractivity contribution in [3.8, 4) is 0 Å². The summed E-state index contributed by atoms with van der Waals surface area (Å²) in [7, 11) is 0. The number of hydrogen-bond acceptors (Lipinski definition) is 3. The summed E-state index contributed by atoms with van der Waals surface area (Å²) in [4.78, 5) is 11.7. The van der Waals surface area contributed by atoms with Crippen LogP contribution in [0, 0.1) is 5.92 Å². The second-order valence-corrected chi connectivity index (χ2v) is 3.01. The van der Waals surface area contributed by atoms with Gasteiger partial charge in [-0.2, -0.15) is 10.2 Å². The molecule has 1 aromatic rings. The molecule has 0 N–H and O–H groups in total. The Morgan fingerprint density at radius 1 is 1.38 bits per heavy atom. The number of carbonyl (C=O) groups excluding carboxylic acids is 1. The van der Waals surface area contributed by atoms with Gasteiger partial charge in [0, 0.05) is 11.5 Å². The van der Waals surface area contributed by atoms with Crippen molar-refractivity contribution >= 4 is 5.78 Å². The quantitative estimate of drug-likeness (QED) is 0.663. The van der Waals surface area contributed by atoms with Crippen molar-refractivity contribution < 1.29 is 4.79 Å². The van der Waals surface area contributed by atoms with Crippen LogP contribution in [0.2, 0.25) is 0 Å². The normalized spacial score (nSPS) is 10.4. The Morgan fingerprint density at radius 3 is 2.54 bits per heavy atom. The number of Topliss-reactive ketones (excluding diaryl/α,β-unsaturated/α-hetero) is 1. The fourth-order valence-corrected chi connectivity index (χ4v) is 1.33. The van der Waals surface area contributed by atoms with Crippen molar-refractivity contribution in [1.82, 2.24) is 10.2 Å². The topological polar surface area (TPSA) is 42.9 Å². The molecule has 0 radical (unpaired) electrons. The molecule has 0 aliphatic rings. The first-order valence-electron chi connectivity index (χ1n) is 4.60. The van der Waals surface area contributed by atoms with Crippen LogP contribution >= 0.6 is 0 Å². The largest absolute Gasteiger partial charge is 0.294 e. The number of hydrogen-bond donors (Lipinski definition) is 0. The van der Waals surface area contributed by atoms with Crippen LogP contribution in [0.15, 0.2) is 18.5 Å².